The molecule has 0 bridgehead atoms. The highest BCUT2D eigenvalue weighted by Gasteiger charge is 2.29. The highest BCUT2D eigenvalue weighted by molar-refractivity contribution is 9.10. The fraction of sp³-hybridized carbons (Fsp3) is 0.417. The van der Waals surface area contributed by atoms with Crippen molar-refractivity contribution in [1.29, 1.82) is 0 Å². The second kappa shape index (κ2) is 5.77. The van der Waals surface area contributed by atoms with Crippen LogP contribution in [0, 0.1) is 5.82 Å². The molecule has 2 rings (SSSR count). The lowest BCUT2D eigenvalue weighted by molar-refractivity contribution is -0.150. The first kappa shape index (κ1) is 13.5. The first-order valence-electron chi connectivity index (χ1n) is 5.56. The fourth-order valence-electron chi connectivity index (χ4n) is 1.92. The van der Waals surface area contributed by atoms with Crippen molar-refractivity contribution in [3.8, 4) is 0 Å². The van der Waals surface area contributed by atoms with E-state index in [0.29, 0.717) is 23.2 Å². The SMILES string of the molecule is O=C(O)C1COCCN1Cc1ccc(Br)cc1F. The Labute approximate surface area is 112 Å². The van der Waals surface area contributed by atoms with Gasteiger partial charge in [0.1, 0.15) is 11.9 Å². The molecule has 0 saturated carbocycles. The number of carboxylic acid groups (broad SMARTS) is 1. The van der Waals surface area contributed by atoms with Gasteiger partial charge in [0.25, 0.3) is 0 Å². The predicted molar refractivity (Wildman–Crippen MR) is 66.8 cm³/mol. The second-order valence-electron chi connectivity index (χ2n) is 4.14. The normalized spacial score (nSPS) is 20.9. The van der Waals surface area contributed by atoms with Crippen LogP contribution in [0.1, 0.15) is 5.56 Å². The smallest absolute Gasteiger partial charge is 0.323 e. The number of carbonyl (C=O) groups is 1. The van der Waals surface area contributed by atoms with Gasteiger partial charge in [-0.15, -0.1) is 0 Å². The van der Waals surface area contributed by atoms with Crippen LogP contribution < -0.4 is 0 Å². The van der Waals surface area contributed by atoms with Crippen LogP contribution in [-0.2, 0) is 16.1 Å². The molecule has 0 radical (unpaired) electrons. The maximum atomic E-state index is 13.7. The lowest BCUT2D eigenvalue weighted by Crippen LogP contribution is -2.49. The Morgan fingerprint density at radius 1 is 1.61 bits per heavy atom. The average molecular weight is 318 g/mol. The van der Waals surface area contributed by atoms with Gasteiger partial charge >= 0.3 is 5.97 Å². The quantitative estimate of drug-likeness (QED) is 0.924. The Bertz CT molecular complexity index is 455. The Balaban J connectivity index is 2.13. The largest absolute Gasteiger partial charge is 0.480 e. The molecule has 0 aliphatic carbocycles. The number of carboxylic acids is 1. The summed E-state index contributed by atoms with van der Waals surface area (Å²) in [5.41, 5.74) is 0.492. The van der Waals surface area contributed by atoms with Gasteiger partial charge < -0.3 is 9.84 Å². The molecule has 18 heavy (non-hydrogen) atoms. The van der Waals surface area contributed by atoms with Gasteiger partial charge in [-0.25, -0.2) is 4.39 Å². The molecule has 1 N–H and O–H groups in total. The van der Waals surface area contributed by atoms with Gasteiger partial charge in [0, 0.05) is 23.1 Å². The molecule has 0 aromatic heterocycles. The van der Waals surface area contributed by atoms with E-state index in [9.17, 15) is 9.18 Å². The first-order chi connectivity index (χ1) is 8.58. The molecule has 1 fully saturated rings. The number of rotatable bonds is 3. The lowest BCUT2D eigenvalue weighted by Gasteiger charge is -2.32. The van der Waals surface area contributed by atoms with Crippen LogP contribution in [0.2, 0.25) is 0 Å². The highest BCUT2D eigenvalue weighted by Crippen LogP contribution is 2.19. The van der Waals surface area contributed by atoms with E-state index in [-0.39, 0.29) is 19.0 Å². The maximum Gasteiger partial charge on any atom is 0.323 e. The third-order valence-electron chi connectivity index (χ3n) is 2.91. The lowest BCUT2D eigenvalue weighted by atomic mass is 10.1. The molecule has 1 unspecified atom stereocenters. The molecule has 6 heteroatoms. The summed E-state index contributed by atoms with van der Waals surface area (Å²) in [7, 11) is 0. The van der Waals surface area contributed by atoms with Crippen LogP contribution in [-0.4, -0.2) is 41.8 Å². The molecular weight excluding hydrogens is 305 g/mol. The molecule has 4 nitrogen and oxygen atoms in total. The van der Waals surface area contributed by atoms with E-state index in [1.807, 2.05) is 0 Å². The first-order valence-corrected chi connectivity index (χ1v) is 6.36. The summed E-state index contributed by atoms with van der Waals surface area (Å²) in [5.74, 6) is -1.27. The van der Waals surface area contributed by atoms with Crippen LogP contribution in [0.5, 0.6) is 0 Å². The fourth-order valence-corrected chi connectivity index (χ4v) is 2.26. The van der Waals surface area contributed by atoms with E-state index in [1.165, 1.54) is 6.07 Å². The maximum absolute atomic E-state index is 13.7. The van der Waals surface area contributed by atoms with Gasteiger partial charge in [0.05, 0.1) is 13.2 Å². The van der Waals surface area contributed by atoms with Crippen molar-refractivity contribution < 1.29 is 19.0 Å². The number of hydrogen-bond donors (Lipinski definition) is 1. The van der Waals surface area contributed by atoms with Crippen molar-refractivity contribution in [2.75, 3.05) is 19.8 Å². The van der Waals surface area contributed by atoms with E-state index >= 15 is 0 Å². The number of benzene rings is 1. The monoisotopic (exact) mass is 317 g/mol. The zero-order valence-corrected chi connectivity index (χ0v) is 11.2. The van der Waals surface area contributed by atoms with Crippen LogP contribution >= 0.6 is 15.9 Å². The Morgan fingerprint density at radius 3 is 3.06 bits per heavy atom. The van der Waals surface area contributed by atoms with Crippen molar-refractivity contribution >= 4 is 21.9 Å². The van der Waals surface area contributed by atoms with E-state index in [0.717, 1.165) is 0 Å². The molecule has 0 amide bonds. The number of morpholine rings is 1. The van der Waals surface area contributed by atoms with Crippen LogP contribution in [0.4, 0.5) is 4.39 Å². The van der Waals surface area contributed by atoms with Gasteiger partial charge in [-0.05, 0) is 12.1 Å². The Morgan fingerprint density at radius 2 is 2.39 bits per heavy atom. The van der Waals surface area contributed by atoms with Gasteiger partial charge in [0.15, 0.2) is 0 Å². The van der Waals surface area contributed by atoms with Gasteiger partial charge in [-0.1, -0.05) is 22.0 Å². The predicted octanol–water partition coefficient (Wildman–Crippen LogP) is 1.87. The van der Waals surface area contributed by atoms with Crippen molar-refractivity contribution in [3.05, 3.63) is 34.1 Å². The summed E-state index contributed by atoms with van der Waals surface area (Å²) in [6, 6.07) is 4.08. The van der Waals surface area contributed by atoms with E-state index in [4.69, 9.17) is 9.84 Å². The van der Waals surface area contributed by atoms with E-state index in [2.05, 4.69) is 15.9 Å². The van der Waals surface area contributed by atoms with Crippen molar-refractivity contribution in [3.63, 3.8) is 0 Å². The molecule has 0 spiro atoms. The summed E-state index contributed by atoms with van der Waals surface area (Å²) in [6.45, 7) is 1.39. The number of halogens is 2. The van der Waals surface area contributed by atoms with Crippen molar-refractivity contribution in [2.24, 2.45) is 0 Å². The summed E-state index contributed by atoms with van der Waals surface area (Å²) in [4.78, 5) is 12.8. The van der Waals surface area contributed by atoms with Gasteiger partial charge in [-0.3, -0.25) is 9.69 Å². The number of aliphatic carboxylic acids is 1. The second-order valence-corrected chi connectivity index (χ2v) is 5.05. The molecule has 1 atom stereocenters. The minimum absolute atomic E-state index is 0.146. The summed E-state index contributed by atoms with van der Waals surface area (Å²) in [6.07, 6.45) is 0. The van der Waals surface area contributed by atoms with Gasteiger partial charge in [0.2, 0.25) is 0 Å². The number of hydrogen-bond acceptors (Lipinski definition) is 3. The molecular formula is C12H13BrFNO3. The summed E-state index contributed by atoms with van der Waals surface area (Å²) < 4.78 is 19.5. The topological polar surface area (TPSA) is 49.8 Å². The third-order valence-corrected chi connectivity index (χ3v) is 3.41. The molecule has 1 aromatic carbocycles. The Hall–Kier alpha value is -0.980. The van der Waals surface area contributed by atoms with E-state index < -0.39 is 12.0 Å². The number of nitrogens with zero attached hydrogens (tertiary/aromatic N) is 1. The number of ether oxygens (including phenoxy) is 1. The standard InChI is InChI=1S/C12H13BrFNO3/c13-9-2-1-8(10(14)5-9)6-15-3-4-18-7-11(15)12(16)17/h1-2,5,11H,3-4,6-7H2,(H,16,17). The average Bonchev–Trinajstić information content (AvgIpc) is 2.33. The zero-order chi connectivity index (χ0) is 13.1. The van der Waals surface area contributed by atoms with Crippen LogP contribution in [0.15, 0.2) is 22.7 Å². The molecule has 1 heterocycles. The van der Waals surface area contributed by atoms with Crippen molar-refractivity contribution in [2.45, 2.75) is 12.6 Å². The molecule has 98 valence electrons. The molecule has 1 aromatic rings. The third kappa shape index (κ3) is 3.07. The minimum Gasteiger partial charge on any atom is -0.480 e. The van der Waals surface area contributed by atoms with Gasteiger partial charge in [-0.2, -0.15) is 0 Å². The summed E-state index contributed by atoms with van der Waals surface area (Å²) in [5, 5.41) is 9.08. The summed E-state index contributed by atoms with van der Waals surface area (Å²) >= 11 is 3.19. The molecule has 1 saturated heterocycles. The van der Waals surface area contributed by atoms with Crippen molar-refractivity contribution in [1.82, 2.24) is 4.90 Å². The minimum atomic E-state index is -0.938. The highest BCUT2D eigenvalue weighted by atomic mass is 79.9. The Kier molecular flexibility index (Phi) is 4.31. The molecule has 1 aliphatic heterocycles. The zero-order valence-electron chi connectivity index (χ0n) is 9.60. The molecule has 1 aliphatic rings. The van der Waals surface area contributed by atoms with E-state index in [1.54, 1.807) is 17.0 Å². The van der Waals surface area contributed by atoms with Crippen LogP contribution in [0.25, 0.3) is 0 Å². The van der Waals surface area contributed by atoms with Crippen LogP contribution in [0.3, 0.4) is 0 Å².